The Morgan fingerprint density at radius 2 is 1.73 bits per heavy atom. The Hall–Kier alpha value is -3.21. The van der Waals surface area contributed by atoms with Gasteiger partial charge in [0.2, 0.25) is 0 Å². The summed E-state index contributed by atoms with van der Waals surface area (Å²) in [7, 11) is 0. The Morgan fingerprint density at radius 1 is 0.923 bits per heavy atom. The van der Waals surface area contributed by atoms with Crippen LogP contribution in [0.3, 0.4) is 0 Å². The van der Waals surface area contributed by atoms with Crippen LogP contribution >= 0.6 is 0 Å². The maximum Gasteiger partial charge on any atom is 0.269 e. The van der Waals surface area contributed by atoms with Gasteiger partial charge in [-0.2, -0.15) is 0 Å². The smallest absolute Gasteiger partial charge is 0.269 e. The summed E-state index contributed by atoms with van der Waals surface area (Å²) in [6, 6.07) is 17.8. The number of nitrogens with zero attached hydrogens (tertiary/aromatic N) is 2. The number of aryl methyl sites for hydroxylation is 1. The summed E-state index contributed by atoms with van der Waals surface area (Å²) in [4.78, 5) is 20.4. The van der Waals surface area contributed by atoms with E-state index >= 15 is 0 Å². The molecule has 0 atom stereocenters. The van der Waals surface area contributed by atoms with Crippen molar-refractivity contribution < 1.29 is 4.79 Å². The van der Waals surface area contributed by atoms with Gasteiger partial charge >= 0.3 is 0 Å². The molecule has 0 radical (unpaired) electrons. The van der Waals surface area contributed by atoms with Crippen molar-refractivity contribution in [3.8, 4) is 0 Å². The van der Waals surface area contributed by atoms with Gasteiger partial charge in [0.05, 0.1) is 0 Å². The summed E-state index contributed by atoms with van der Waals surface area (Å²) in [6.45, 7) is 1.30. The monoisotopic (exact) mass is 346 g/mol. The number of benzene rings is 1. The van der Waals surface area contributed by atoms with Crippen molar-refractivity contribution in [2.75, 3.05) is 11.9 Å². The molecule has 2 N–H and O–H groups in total. The Kier molecular flexibility index (Phi) is 6.31. The minimum atomic E-state index is -0.148. The van der Waals surface area contributed by atoms with Crippen LogP contribution in [0.2, 0.25) is 0 Å². The normalized spacial score (nSPS) is 10.3. The van der Waals surface area contributed by atoms with E-state index in [0.717, 1.165) is 24.1 Å². The molecule has 0 aliphatic carbocycles. The summed E-state index contributed by atoms with van der Waals surface area (Å²) in [6.07, 6.45) is 7.02. The lowest BCUT2D eigenvalue weighted by Crippen LogP contribution is -2.25. The number of hydrogen-bond acceptors (Lipinski definition) is 4. The molecule has 3 aromatic rings. The number of hydrogen-bond donors (Lipinski definition) is 2. The van der Waals surface area contributed by atoms with E-state index in [4.69, 9.17) is 0 Å². The number of aromatic nitrogens is 2. The summed E-state index contributed by atoms with van der Waals surface area (Å²) in [5, 5.41) is 6.23. The Morgan fingerprint density at radius 3 is 2.54 bits per heavy atom. The van der Waals surface area contributed by atoms with Crippen molar-refractivity contribution in [2.45, 2.75) is 19.4 Å². The SMILES string of the molecule is O=C(NCCCc1ccccc1)c1cc(NCc2ccncc2)ccn1. The number of carbonyl (C=O) groups is 1. The van der Waals surface area contributed by atoms with Crippen LogP contribution in [0.25, 0.3) is 0 Å². The molecule has 26 heavy (non-hydrogen) atoms. The van der Waals surface area contributed by atoms with Gasteiger partial charge in [-0.1, -0.05) is 30.3 Å². The quantitative estimate of drug-likeness (QED) is 0.613. The molecule has 2 heterocycles. The van der Waals surface area contributed by atoms with E-state index in [-0.39, 0.29) is 5.91 Å². The second-order valence-electron chi connectivity index (χ2n) is 5.98. The maximum atomic E-state index is 12.3. The zero-order valence-electron chi connectivity index (χ0n) is 14.6. The fourth-order valence-electron chi connectivity index (χ4n) is 2.60. The standard InChI is InChI=1S/C21H22N4O/c26-21(24-11-4-7-17-5-2-1-3-6-17)20-15-19(10-14-23-20)25-16-18-8-12-22-13-9-18/h1-3,5-6,8-10,12-15H,4,7,11,16H2,(H,23,25)(H,24,26). The van der Waals surface area contributed by atoms with Crippen LogP contribution in [0.15, 0.2) is 73.2 Å². The van der Waals surface area contributed by atoms with Crippen LogP contribution in [0.1, 0.15) is 28.0 Å². The average Bonchev–Trinajstić information content (AvgIpc) is 2.71. The van der Waals surface area contributed by atoms with Crippen LogP contribution in [0.5, 0.6) is 0 Å². The lowest BCUT2D eigenvalue weighted by atomic mass is 10.1. The lowest BCUT2D eigenvalue weighted by Gasteiger charge is -2.09. The number of carbonyl (C=O) groups excluding carboxylic acids is 1. The van der Waals surface area contributed by atoms with E-state index in [2.05, 4.69) is 32.7 Å². The molecule has 132 valence electrons. The van der Waals surface area contributed by atoms with Gasteiger partial charge in [0, 0.05) is 37.4 Å². The van der Waals surface area contributed by atoms with E-state index in [9.17, 15) is 4.79 Å². The molecule has 0 saturated carbocycles. The minimum Gasteiger partial charge on any atom is -0.381 e. The zero-order valence-corrected chi connectivity index (χ0v) is 14.6. The second kappa shape index (κ2) is 9.32. The highest BCUT2D eigenvalue weighted by Gasteiger charge is 2.07. The van der Waals surface area contributed by atoms with Gasteiger partial charge in [0.15, 0.2) is 0 Å². The minimum absolute atomic E-state index is 0.148. The largest absolute Gasteiger partial charge is 0.381 e. The second-order valence-corrected chi connectivity index (χ2v) is 5.98. The van der Waals surface area contributed by atoms with Gasteiger partial charge in [-0.3, -0.25) is 14.8 Å². The topological polar surface area (TPSA) is 66.9 Å². The highest BCUT2D eigenvalue weighted by atomic mass is 16.1. The third kappa shape index (κ3) is 5.41. The van der Waals surface area contributed by atoms with E-state index in [1.807, 2.05) is 36.4 Å². The molecular weight excluding hydrogens is 324 g/mol. The first-order valence-corrected chi connectivity index (χ1v) is 8.72. The van der Waals surface area contributed by atoms with Crippen molar-refractivity contribution in [2.24, 2.45) is 0 Å². The first-order chi connectivity index (χ1) is 12.8. The highest BCUT2D eigenvalue weighted by Crippen LogP contribution is 2.10. The van der Waals surface area contributed by atoms with Gasteiger partial charge in [-0.15, -0.1) is 0 Å². The number of rotatable bonds is 8. The molecule has 0 bridgehead atoms. The molecular formula is C21H22N4O. The third-order valence-electron chi connectivity index (χ3n) is 4.01. The first-order valence-electron chi connectivity index (χ1n) is 8.72. The predicted octanol–water partition coefficient (Wildman–Crippen LogP) is 3.45. The summed E-state index contributed by atoms with van der Waals surface area (Å²) in [5.74, 6) is -0.148. The molecule has 1 aromatic carbocycles. The van der Waals surface area contributed by atoms with Crippen molar-refractivity contribution in [1.82, 2.24) is 15.3 Å². The Labute approximate surface area is 153 Å². The molecule has 3 rings (SSSR count). The van der Waals surface area contributed by atoms with Crippen LogP contribution in [0.4, 0.5) is 5.69 Å². The molecule has 2 aromatic heterocycles. The van der Waals surface area contributed by atoms with E-state index < -0.39 is 0 Å². The fourth-order valence-corrected chi connectivity index (χ4v) is 2.60. The summed E-state index contributed by atoms with van der Waals surface area (Å²) in [5.41, 5.74) is 3.70. The van der Waals surface area contributed by atoms with Gasteiger partial charge < -0.3 is 10.6 Å². The van der Waals surface area contributed by atoms with Crippen molar-refractivity contribution in [3.05, 3.63) is 90.0 Å². The molecule has 0 unspecified atom stereocenters. The lowest BCUT2D eigenvalue weighted by molar-refractivity contribution is 0.0948. The summed E-state index contributed by atoms with van der Waals surface area (Å²) >= 11 is 0. The Balaban J connectivity index is 1.46. The number of amides is 1. The van der Waals surface area contributed by atoms with Gasteiger partial charge in [-0.05, 0) is 48.2 Å². The predicted molar refractivity (Wildman–Crippen MR) is 103 cm³/mol. The molecule has 1 amide bonds. The van der Waals surface area contributed by atoms with Crippen LogP contribution < -0.4 is 10.6 Å². The summed E-state index contributed by atoms with van der Waals surface area (Å²) < 4.78 is 0. The van der Waals surface area contributed by atoms with E-state index in [0.29, 0.717) is 18.8 Å². The molecule has 0 aliphatic rings. The van der Waals surface area contributed by atoms with E-state index in [1.54, 1.807) is 24.7 Å². The number of nitrogens with one attached hydrogen (secondary N) is 2. The van der Waals surface area contributed by atoms with Gasteiger partial charge in [0.25, 0.3) is 5.91 Å². The number of anilines is 1. The first kappa shape index (κ1) is 17.6. The molecule has 5 nitrogen and oxygen atoms in total. The third-order valence-corrected chi connectivity index (χ3v) is 4.01. The fraction of sp³-hybridized carbons (Fsp3) is 0.190. The molecule has 0 fully saturated rings. The molecule has 5 heteroatoms. The Bertz CT molecular complexity index is 822. The van der Waals surface area contributed by atoms with Gasteiger partial charge in [0.1, 0.15) is 5.69 Å². The molecule has 0 spiro atoms. The van der Waals surface area contributed by atoms with E-state index in [1.165, 1.54) is 5.56 Å². The molecule has 0 aliphatic heterocycles. The van der Waals surface area contributed by atoms with Crippen LogP contribution in [-0.2, 0) is 13.0 Å². The van der Waals surface area contributed by atoms with Crippen LogP contribution in [-0.4, -0.2) is 22.4 Å². The average molecular weight is 346 g/mol. The van der Waals surface area contributed by atoms with Crippen molar-refractivity contribution in [1.29, 1.82) is 0 Å². The highest BCUT2D eigenvalue weighted by molar-refractivity contribution is 5.93. The zero-order chi connectivity index (χ0) is 18.0. The molecule has 0 saturated heterocycles. The maximum absolute atomic E-state index is 12.3. The van der Waals surface area contributed by atoms with Crippen molar-refractivity contribution in [3.63, 3.8) is 0 Å². The number of pyridine rings is 2. The van der Waals surface area contributed by atoms with Gasteiger partial charge in [-0.25, -0.2) is 0 Å². The van der Waals surface area contributed by atoms with Crippen molar-refractivity contribution >= 4 is 11.6 Å². The van der Waals surface area contributed by atoms with Crippen LogP contribution in [0, 0.1) is 0 Å².